The second kappa shape index (κ2) is 10.1. The third-order valence-electron chi connectivity index (χ3n) is 2.36. The van der Waals surface area contributed by atoms with Crippen molar-refractivity contribution < 1.29 is 4.39 Å². The van der Waals surface area contributed by atoms with Crippen LogP contribution >= 0.6 is 15.9 Å². The molecule has 1 aromatic carbocycles. The Morgan fingerprint density at radius 3 is 2.65 bits per heavy atom. The predicted molar refractivity (Wildman–Crippen MR) is 86.9 cm³/mol. The number of benzene rings is 1. The van der Waals surface area contributed by atoms with Gasteiger partial charge in [0.2, 0.25) is 0 Å². The number of rotatable bonds is 3. The molecule has 0 spiro atoms. The Kier molecular flexibility index (Phi) is 9.17. The summed E-state index contributed by atoms with van der Waals surface area (Å²) in [6.07, 6.45) is 10.3. The molecule has 0 aliphatic carbocycles. The van der Waals surface area contributed by atoms with Crippen LogP contribution in [0.3, 0.4) is 0 Å². The minimum atomic E-state index is -0.277. The number of halogens is 2. The van der Waals surface area contributed by atoms with Crippen molar-refractivity contribution >= 4 is 22.1 Å². The molecule has 0 aliphatic rings. The molecule has 0 heterocycles. The Labute approximate surface area is 129 Å². The molecule has 20 heavy (non-hydrogen) atoms. The van der Waals surface area contributed by atoms with Crippen LogP contribution in [0.2, 0.25) is 0 Å². The van der Waals surface area contributed by atoms with E-state index in [-0.39, 0.29) is 5.82 Å². The molecule has 0 radical (unpaired) electrons. The van der Waals surface area contributed by atoms with E-state index in [0.29, 0.717) is 16.9 Å². The van der Waals surface area contributed by atoms with Crippen LogP contribution in [0.25, 0.3) is 0 Å². The average Bonchev–Trinajstić information content (AvgIpc) is 2.44. The van der Waals surface area contributed by atoms with Crippen LogP contribution in [-0.4, -0.2) is 24.3 Å². The van der Waals surface area contributed by atoms with Gasteiger partial charge in [-0.25, -0.2) is 4.39 Å². The highest BCUT2D eigenvalue weighted by atomic mass is 79.9. The van der Waals surface area contributed by atoms with Gasteiger partial charge in [0.15, 0.2) is 0 Å². The van der Waals surface area contributed by atoms with Crippen molar-refractivity contribution in [3.05, 3.63) is 34.1 Å². The molecular formula is C16H18BrFN2. The molecule has 0 fully saturated rings. The zero-order valence-corrected chi connectivity index (χ0v) is 13.5. The maximum absolute atomic E-state index is 13.0. The maximum Gasteiger partial charge on any atom is 0.137 e. The lowest BCUT2D eigenvalue weighted by Crippen LogP contribution is -2.20. The SMILES string of the molecule is C#C.CC(C)N(C)/N=C\CC#Cc1ccc(F)c(Br)c1. The van der Waals surface area contributed by atoms with Crippen molar-refractivity contribution in [2.24, 2.45) is 5.10 Å². The van der Waals surface area contributed by atoms with Gasteiger partial charge in [-0.15, -0.1) is 12.8 Å². The van der Waals surface area contributed by atoms with Gasteiger partial charge in [0.25, 0.3) is 0 Å². The first-order chi connectivity index (χ1) is 9.50. The number of nitrogens with zero attached hydrogens (tertiary/aromatic N) is 2. The summed E-state index contributed by atoms with van der Waals surface area (Å²) < 4.78 is 13.4. The van der Waals surface area contributed by atoms with Gasteiger partial charge in [-0.3, -0.25) is 5.01 Å². The summed E-state index contributed by atoms with van der Waals surface area (Å²) >= 11 is 3.13. The highest BCUT2D eigenvalue weighted by molar-refractivity contribution is 9.10. The van der Waals surface area contributed by atoms with Crippen LogP contribution in [0.15, 0.2) is 27.8 Å². The summed E-state index contributed by atoms with van der Waals surface area (Å²) in [6.45, 7) is 4.14. The molecule has 0 unspecified atom stereocenters. The first kappa shape index (κ1) is 18.2. The number of hydrogen-bond donors (Lipinski definition) is 0. The number of hydrogen-bond acceptors (Lipinski definition) is 2. The van der Waals surface area contributed by atoms with Crippen molar-refractivity contribution in [1.29, 1.82) is 0 Å². The first-order valence-electron chi connectivity index (χ1n) is 6.03. The van der Waals surface area contributed by atoms with E-state index in [9.17, 15) is 4.39 Å². The monoisotopic (exact) mass is 336 g/mol. The Morgan fingerprint density at radius 2 is 2.10 bits per heavy atom. The lowest BCUT2D eigenvalue weighted by molar-refractivity contribution is 0.290. The quantitative estimate of drug-likeness (QED) is 0.464. The van der Waals surface area contributed by atoms with Crippen LogP contribution in [0.5, 0.6) is 0 Å². The van der Waals surface area contributed by atoms with E-state index in [1.807, 2.05) is 12.1 Å². The smallest absolute Gasteiger partial charge is 0.137 e. The molecule has 1 rings (SSSR count). The summed E-state index contributed by atoms with van der Waals surface area (Å²) in [5.41, 5.74) is 0.786. The summed E-state index contributed by atoms with van der Waals surface area (Å²) in [5, 5.41) is 6.09. The van der Waals surface area contributed by atoms with Crippen molar-refractivity contribution in [3.8, 4) is 24.7 Å². The zero-order chi connectivity index (χ0) is 15.5. The van der Waals surface area contributed by atoms with Gasteiger partial charge in [-0.05, 0) is 48.0 Å². The summed E-state index contributed by atoms with van der Waals surface area (Å²) in [4.78, 5) is 0. The fourth-order valence-corrected chi connectivity index (χ4v) is 1.45. The van der Waals surface area contributed by atoms with Crippen LogP contribution in [0, 0.1) is 30.5 Å². The van der Waals surface area contributed by atoms with Crippen LogP contribution in [0.4, 0.5) is 4.39 Å². The van der Waals surface area contributed by atoms with Crippen molar-refractivity contribution in [2.75, 3.05) is 7.05 Å². The summed E-state index contributed by atoms with van der Waals surface area (Å²) in [7, 11) is 1.92. The molecule has 0 atom stereocenters. The largest absolute Gasteiger partial charge is 0.298 e. The number of terminal acetylenes is 1. The first-order valence-corrected chi connectivity index (χ1v) is 6.82. The predicted octanol–water partition coefficient (Wildman–Crippen LogP) is 3.91. The topological polar surface area (TPSA) is 15.6 Å². The zero-order valence-electron chi connectivity index (χ0n) is 11.9. The highest BCUT2D eigenvalue weighted by Crippen LogP contribution is 2.15. The lowest BCUT2D eigenvalue weighted by atomic mass is 10.2. The maximum atomic E-state index is 13.0. The molecule has 0 amide bonds. The van der Waals surface area contributed by atoms with E-state index in [0.717, 1.165) is 5.56 Å². The molecular weight excluding hydrogens is 319 g/mol. The second-order valence-corrected chi connectivity index (χ2v) is 4.95. The van der Waals surface area contributed by atoms with E-state index in [2.05, 4.69) is 59.6 Å². The van der Waals surface area contributed by atoms with Crippen LogP contribution in [-0.2, 0) is 0 Å². The van der Waals surface area contributed by atoms with Gasteiger partial charge in [0.05, 0.1) is 4.47 Å². The highest BCUT2D eigenvalue weighted by Gasteiger charge is 1.97. The second-order valence-electron chi connectivity index (χ2n) is 4.10. The van der Waals surface area contributed by atoms with Crippen molar-refractivity contribution in [3.63, 3.8) is 0 Å². The van der Waals surface area contributed by atoms with E-state index < -0.39 is 0 Å². The fourth-order valence-electron chi connectivity index (χ4n) is 1.08. The molecule has 0 aliphatic heterocycles. The Balaban J connectivity index is 0.00000172. The molecule has 1 aromatic rings. The third kappa shape index (κ3) is 6.97. The van der Waals surface area contributed by atoms with Gasteiger partial charge in [-0.1, -0.05) is 11.8 Å². The van der Waals surface area contributed by atoms with Gasteiger partial charge in [-0.2, -0.15) is 5.10 Å². The van der Waals surface area contributed by atoms with E-state index >= 15 is 0 Å². The Hall–Kier alpha value is -1.78. The number of hydrazone groups is 1. The minimum absolute atomic E-state index is 0.277. The lowest BCUT2D eigenvalue weighted by Gasteiger charge is -2.16. The average molecular weight is 337 g/mol. The molecule has 0 saturated carbocycles. The normalized spacial score (nSPS) is 9.60. The molecule has 0 aromatic heterocycles. The van der Waals surface area contributed by atoms with Gasteiger partial charge in [0, 0.05) is 31.3 Å². The van der Waals surface area contributed by atoms with Crippen molar-refractivity contribution in [1.82, 2.24) is 5.01 Å². The van der Waals surface area contributed by atoms with Gasteiger partial charge < -0.3 is 0 Å². The van der Waals surface area contributed by atoms with Crippen LogP contribution < -0.4 is 0 Å². The van der Waals surface area contributed by atoms with E-state index in [4.69, 9.17) is 0 Å². The standard InChI is InChI=1S/C14H16BrFN2.C2H2/c1-11(2)18(3)17-9-5-4-6-12-7-8-14(16)13(15)10-12;1-2/h7-11H,5H2,1-3H3;1-2H/b17-9-;. The molecule has 0 saturated heterocycles. The van der Waals surface area contributed by atoms with Gasteiger partial charge >= 0.3 is 0 Å². The molecule has 0 bridgehead atoms. The van der Waals surface area contributed by atoms with E-state index in [1.54, 1.807) is 18.3 Å². The van der Waals surface area contributed by atoms with Gasteiger partial charge in [0.1, 0.15) is 5.82 Å². The van der Waals surface area contributed by atoms with Crippen LogP contribution in [0.1, 0.15) is 25.8 Å². The molecule has 4 heteroatoms. The Bertz CT molecular complexity index is 524. The molecule has 2 nitrogen and oxygen atoms in total. The molecule has 106 valence electrons. The fraction of sp³-hybridized carbons (Fsp3) is 0.312. The Morgan fingerprint density at radius 1 is 1.45 bits per heavy atom. The summed E-state index contributed by atoms with van der Waals surface area (Å²) in [6, 6.07) is 5.10. The van der Waals surface area contributed by atoms with Crippen molar-refractivity contribution in [2.45, 2.75) is 26.3 Å². The third-order valence-corrected chi connectivity index (χ3v) is 2.96. The molecule has 0 N–H and O–H groups in total. The van der Waals surface area contributed by atoms with E-state index in [1.165, 1.54) is 6.07 Å². The minimum Gasteiger partial charge on any atom is -0.298 e. The summed E-state index contributed by atoms with van der Waals surface area (Å²) in [5.74, 6) is 5.66.